The molecule has 7 heteroatoms. The van der Waals surface area contributed by atoms with Gasteiger partial charge in [-0.2, -0.15) is 0 Å². The van der Waals surface area contributed by atoms with Gasteiger partial charge in [0.05, 0.1) is 18.3 Å². The average Bonchev–Trinajstić information content (AvgIpc) is 3.14. The largest absolute Gasteiger partial charge is 0.394 e. The molecule has 0 radical (unpaired) electrons. The van der Waals surface area contributed by atoms with E-state index in [0.29, 0.717) is 29.9 Å². The van der Waals surface area contributed by atoms with E-state index < -0.39 is 17.4 Å². The molecule has 190 valence electrons. The molecule has 0 aromatic heterocycles. The standard InChI is InChI=1S/C30H29IN2O4/c1-20(8-7-13-28(35)32-18-22-10-6-5-9-21(22)16-25(32)19-34)30(37)26-17-23(31)14-15-27(26)33(29(30)36)24-11-3-2-4-12-24/h2-12,14-15,17,20,25,34,37H,13,16,18-19H2,1H3/b8-7+/t20-,25+,30+/m1/s1. The number of para-hydroxylation sites is 1. The fraction of sp³-hybridized carbons (Fsp3) is 0.267. The van der Waals surface area contributed by atoms with Gasteiger partial charge in [-0.25, -0.2) is 0 Å². The highest BCUT2D eigenvalue weighted by molar-refractivity contribution is 14.1. The molecule has 5 rings (SSSR count). The first-order chi connectivity index (χ1) is 17.8. The maximum atomic E-state index is 13.7. The van der Waals surface area contributed by atoms with Gasteiger partial charge >= 0.3 is 0 Å². The molecule has 0 saturated carbocycles. The van der Waals surface area contributed by atoms with Gasteiger partial charge in [0.1, 0.15) is 0 Å². The Balaban J connectivity index is 1.37. The first-order valence-electron chi connectivity index (χ1n) is 12.4. The Labute approximate surface area is 230 Å². The van der Waals surface area contributed by atoms with Gasteiger partial charge in [-0.15, -0.1) is 0 Å². The second-order valence-corrected chi connectivity index (χ2v) is 10.9. The van der Waals surface area contributed by atoms with Crippen molar-refractivity contribution in [1.82, 2.24) is 4.90 Å². The van der Waals surface area contributed by atoms with E-state index in [1.807, 2.05) is 72.8 Å². The smallest absolute Gasteiger partial charge is 0.268 e. The number of halogens is 1. The summed E-state index contributed by atoms with van der Waals surface area (Å²) in [5, 5.41) is 21.8. The lowest BCUT2D eigenvalue weighted by atomic mass is 9.83. The molecular weight excluding hydrogens is 579 g/mol. The van der Waals surface area contributed by atoms with E-state index >= 15 is 0 Å². The zero-order valence-corrected chi connectivity index (χ0v) is 22.7. The Kier molecular flexibility index (Phi) is 7.20. The van der Waals surface area contributed by atoms with E-state index in [1.54, 1.807) is 28.9 Å². The van der Waals surface area contributed by atoms with Crippen LogP contribution in [-0.4, -0.2) is 39.6 Å². The third kappa shape index (κ3) is 4.60. The number of hydrogen-bond acceptors (Lipinski definition) is 4. The van der Waals surface area contributed by atoms with Gasteiger partial charge in [0.2, 0.25) is 5.91 Å². The van der Waals surface area contributed by atoms with Crippen molar-refractivity contribution in [3.05, 3.63) is 105 Å². The lowest BCUT2D eigenvalue weighted by Crippen LogP contribution is -2.46. The van der Waals surface area contributed by atoms with Crippen molar-refractivity contribution >= 4 is 45.8 Å². The molecule has 3 aromatic rings. The van der Waals surface area contributed by atoms with Crippen LogP contribution >= 0.6 is 22.6 Å². The molecule has 0 unspecified atom stereocenters. The van der Waals surface area contributed by atoms with Crippen molar-refractivity contribution < 1.29 is 19.8 Å². The minimum Gasteiger partial charge on any atom is -0.394 e. The number of aliphatic hydroxyl groups excluding tert-OH is 1. The topological polar surface area (TPSA) is 81.1 Å². The minimum atomic E-state index is -1.76. The van der Waals surface area contributed by atoms with Crippen LogP contribution < -0.4 is 4.90 Å². The zero-order chi connectivity index (χ0) is 26.2. The van der Waals surface area contributed by atoms with Crippen LogP contribution in [0.25, 0.3) is 0 Å². The minimum absolute atomic E-state index is 0.0948. The van der Waals surface area contributed by atoms with Crippen molar-refractivity contribution in [2.75, 3.05) is 11.5 Å². The fourth-order valence-corrected chi connectivity index (χ4v) is 5.84. The molecule has 0 spiro atoms. The Hall–Kier alpha value is -3.01. The van der Waals surface area contributed by atoms with Crippen LogP contribution in [0.2, 0.25) is 0 Å². The molecule has 0 fully saturated rings. The number of amides is 2. The summed E-state index contributed by atoms with van der Waals surface area (Å²) in [6.07, 6.45) is 4.22. The van der Waals surface area contributed by atoms with Crippen LogP contribution in [0.3, 0.4) is 0 Å². The van der Waals surface area contributed by atoms with Crippen LogP contribution in [0.5, 0.6) is 0 Å². The summed E-state index contributed by atoms with van der Waals surface area (Å²) in [5.41, 5.74) is 2.41. The molecule has 3 aromatic carbocycles. The number of rotatable bonds is 6. The molecule has 2 heterocycles. The Morgan fingerprint density at radius 3 is 2.54 bits per heavy atom. The quantitative estimate of drug-likeness (QED) is 0.315. The third-order valence-corrected chi connectivity index (χ3v) is 8.09. The molecule has 2 amide bonds. The van der Waals surface area contributed by atoms with Crippen molar-refractivity contribution in [3.8, 4) is 0 Å². The highest BCUT2D eigenvalue weighted by atomic mass is 127. The van der Waals surface area contributed by atoms with Crippen LogP contribution in [0.15, 0.2) is 84.9 Å². The molecule has 6 nitrogen and oxygen atoms in total. The highest BCUT2D eigenvalue weighted by Crippen LogP contribution is 2.48. The van der Waals surface area contributed by atoms with Crippen molar-refractivity contribution in [1.29, 1.82) is 0 Å². The highest BCUT2D eigenvalue weighted by Gasteiger charge is 2.53. The van der Waals surface area contributed by atoms with Crippen molar-refractivity contribution in [2.45, 2.75) is 38.0 Å². The lowest BCUT2D eigenvalue weighted by Gasteiger charge is -2.36. The predicted octanol–water partition coefficient (Wildman–Crippen LogP) is 4.69. The van der Waals surface area contributed by atoms with Crippen molar-refractivity contribution in [2.24, 2.45) is 5.92 Å². The number of nitrogens with zero attached hydrogens (tertiary/aromatic N) is 2. The summed E-state index contributed by atoms with van der Waals surface area (Å²) < 4.78 is 0.921. The molecular formula is C30H29IN2O4. The maximum absolute atomic E-state index is 13.7. The number of carbonyl (C=O) groups is 2. The molecule has 3 atom stereocenters. The SMILES string of the molecule is C[C@H](/C=C/CC(=O)N1Cc2ccccc2C[C@H]1CO)[C@@]1(O)C(=O)N(c2ccccc2)c2ccc(I)cc21. The van der Waals surface area contributed by atoms with Gasteiger partial charge in [0, 0.05) is 33.7 Å². The molecule has 0 bridgehead atoms. The number of aliphatic hydroxyl groups is 2. The summed E-state index contributed by atoms with van der Waals surface area (Å²) in [6.45, 7) is 2.16. The number of carbonyl (C=O) groups excluding carboxylic acids is 2. The van der Waals surface area contributed by atoms with E-state index in [2.05, 4.69) is 22.6 Å². The number of fused-ring (bicyclic) bond motifs is 2. The lowest BCUT2D eigenvalue weighted by molar-refractivity contribution is -0.138. The van der Waals surface area contributed by atoms with Gasteiger partial charge in [0.25, 0.3) is 5.91 Å². The van der Waals surface area contributed by atoms with Crippen molar-refractivity contribution in [3.63, 3.8) is 0 Å². The fourth-order valence-electron chi connectivity index (χ4n) is 5.35. The van der Waals surface area contributed by atoms with E-state index in [-0.39, 0.29) is 25.0 Å². The molecule has 2 aliphatic rings. The number of hydrogen-bond donors (Lipinski definition) is 2. The first kappa shape index (κ1) is 25.6. The Morgan fingerprint density at radius 2 is 1.81 bits per heavy atom. The third-order valence-electron chi connectivity index (χ3n) is 7.42. The normalized spacial score (nSPS) is 21.7. The molecule has 2 N–H and O–H groups in total. The molecule has 0 saturated heterocycles. The maximum Gasteiger partial charge on any atom is 0.268 e. The monoisotopic (exact) mass is 608 g/mol. The van der Waals surface area contributed by atoms with Gasteiger partial charge in [-0.05, 0) is 70.5 Å². The summed E-state index contributed by atoms with van der Waals surface area (Å²) in [6, 6.07) is 22.7. The molecule has 2 aliphatic heterocycles. The average molecular weight is 608 g/mol. The van der Waals surface area contributed by atoms with Crippen LogP contribution in [0.1, 0.15) is 30.0 Å². The van der Waals surface area contributed by atoms with Gasteiger partial charge < -0.3 is 15.1 Å². The summed E-state index contributed by atoms with van der Waals surface area (Å²) in [4.78, 5) is 30.1. The predicted molar refractivity (Wildman–Crippen MR) is 151 cm³/mol. The molecule has 0 aliphatic carbocycles. The second-order valence-electron chi connectivity index (χ2n) is 9.66. The van der Waals surface area contributed by atoms with Crippen LogP contribution in [0, 0.1) is 9.49 Å². The summed E-state index contributed by atoms with van der Waals surface area (Å²) >= 11 is 2.18. The number of anilines is 2. The van der Waals surface area contributed by atoms with Gasteiger partial charge in [-0.3, -0.25) is 14.5 Å². The van der Waals surface area contributed by atoms with E-state index in [1.165, 1.54) is 0 Å². The van der Waals surface area contributed by atoms with Crippen LogP contribution in [-0.2, 0) is 28.2 Å². The molecule has 37 heavy (non-hydrogen) atoms. The van der Waals surface area contributed by atoms with E-state index in [4.69, 9.17) is 0 Å². The summed E-state index contributed by atoms with van der Waals surface area (Å²) in [5.74, 6) is -1.08. The number of benzene rings is 3. The Bertz CT molecular complexity index is 1360. The van der Waals surface area contributed by atoms with E-state index in [9.17, 15) is 19.8 Å². The van der Waals surface area contributed by atoms with Gasteiger partial charge in [0.15, 0.2) is 5.60 Å². The van der Waals surface area contributed by atoms with E-state index in [0.717, 1.165) is 14.7 Å². The summed E-state index contributed by atoms with van der Waals surface area (Å²) in [7, 11) is 0. The Morgan fingerprint density at radius 1 is 1.11 bits per heavy atom. The zero-order valence-electron chi connectivity index (χ0n) is 20.5. The first-order valence-corrected chi connectivity index (χ1v) is 13.5. The van der Waals surface area contributed by atoms with Crippen LogP contribution in [0.4, 0.5) is 11.4 Å². The van der Waals surface area contributed by atoms with Gasteiger partial charge in [-0.1, -0.05) is 61.5 Å². The second kappa shape index (κ2) is 10.4.